The Balaban J connectivity index is 1.99. The van der Waals surface area contributed by atoms with E-state index in [1.165, 1.54) is 6.07 Å². The van der Waals surface area contributed by atoms with E-state index < -0.39 is 0 Å². The predicted molar refractivity (Wildman–Crippen MR) is 93.4 cm³/mol. The van der Waals surface area contributed by atoms with Crippen LogP contribution < -0.4 is 0 Å². The molecular formula is C18H16N4O2. The molecular weight excluding hydrogens is 304 g/mol. The maximum absolute atomic E-state index is 11.0. The van der Waals surface area contributed by atoms with Crippen molar-refractivity contribution in [3.05, 3.63) is 81.9 Å². The molecule has 0 aliphatic heterocycles. The van der Waals surface area contributed by atoms with Crippen LogP contribution in [0.15, 0.2) is 59.9 Å². The van der Waals surface area contributed by atoms with Crippen molar-refractivity contribution < 1.29 is 4.92 Å². The zero-order valence-corrected chi connectivity index (χ0v) is 13.4. The summed E-state index contributed by atoms with van der Waals surface area (Å²) in [5.41, 5.74) is 4.53. The van der Waals surface area contributed by atoms with Gasteiger partial charge in [-0.2, -0.15) is 0 Å². The second kappa shape index (κ2) is 6.45. The van der Waals surface area contributed by atoms with Gasteiger partial charge < -0.3 is 4.57 Å². The molecule has 0 unspecified atom stereocenters. The van der Waals surface area contributed by atoms with E-state index >= 15 is 0 Å². The topological polar surface area (TPSA) is 73.3 Å². The molecule has 1 aromatic carbocycles. The average molecular weight is 320 g/mol. The lowest BCUT2D eigenvalue weighted by Gasteiger charge is -2.09. The van der Waals surface area contributed by atoms with Crippen LogP contribution in [0.4, 0.5) is 11.4 Å². The molecule has 3 rings (SSSR count). The number of aryl methyl sites for hydroxylation is 1. The molecule has 0 bridgehead atoms. The number of aromatic nitrogens is 2. The number of hydrogen-bond donors (Lipinski definition) is 0. The van der Waals surface area contributed by atoms with Crippen LogP contribution >= 0.6 is 0 Å². The van der Waals surface area contributed by atoms with E-state index in [0.717, 1.165) is 28.3 Å². The first-order chi connectivity index (χ1) is 11.6. The van der Waals surface area contributed by atoms with Gasteiger partial charge in [0, 0.05) is 41.5 Å². The maximum Gasteiger partial charge on any atom is 0.271 e. The summed E-state index contributed by atoms with van der Waals surface area (Å²) >= 11 is 0. The van der Waals surface area contributed by atoms with Crippen LogP contribution in [-0.4, -0.2) is 20.7 Å². The van der Waals surface area contributed by atoms with Gasteiger partial charge in [-0.25, -0.2) is 0 Å². The van der Waals surface area contributed by atoms with Crippen molar-refractivity contribution in [2.75, 3.05) is 0 Å². The van der Waals surface area contributed by atoms with Gasteiger partial charge in [0.2, 0.25) is 0 Å². The Kier molecular flexibility index (Phi) is 4.20. The van der Waals surface area contributed by atoms with E-state index in [-0.39, 0.29) is 10.6 Å². The Bertz CT molecular complexity index is 914. The maximum atomic E-state index is 11.0. The molecule has 0 amide bonds. The highest BCUT2D eigenvalue weighted by Crippen LogP contribution is 2.23. The summed E-state index contributed by atoms with van der Waals surface area (Å²) in [5.74, 6) is 0. The Morgan fingerprint density at radius 1 is 1.21 bits per heavy atom. The normalized spacial score (nSPS) is 11.1. The molecule has 3 aromatic rings. The third-order valence-corrected chi connectivity index (χ3v) is 3.77. The summed E-state index contributed by atoms with van der Waals surface area (Å²) in [5, 5.41) is 11.0. The molecule has 0 atom stereocenters. The first-order valence-corrected chi connectivity index (χ1v) is 7.44. The minimum atomic E-state index is -0.386. The van der Waals surface area contributed by atoms with Gasteiger partial charge in [-0.3, -0.25) is 20.1 Å². The van der Waals surface area contributed by atoms with Gasteiger partial charge in [-0.15, -0.1) is 0 Å². The predicted octanol–water partition coefficient (Wildman–Crippen LogP) is 4.15. The monoisotopic (exact) mass is 320 g/mol. The third-order valence-electron chi connectivity index (χ3n) is 3.77. The van der Waals surface area contributed by atoms with Crippen molar-refractivity contribution in [2.45, 2.75) is 13.8 Å². The smallest absolute Gasteiger partial charge is 0.271 e. The molecule has 2 heterocycles. The number of aliphatic imine (C=N–C) groups is 1. The van der Waals surface area contributed by atoms with E-state index in [0.29, 0.717) is 0 Å². The zero-order valence-electron chi connectivity index (χ0n) is 13.4. The van der Waals surface area contributed by atoms with E-state index in [2.05, 4.69) is 9.98 Å². The molecule has 0 spiro atoms. The molecule has 24 heavy (non-hydrogen) atoms. The third kappa shape index (κ3) is 3.08. The highest BCUT2D eigenvalue weighted by Gasteiger charge is 2.12. The van der Waals surface area contributed by atoms with Crippen LogP contribution in [-0.2, 0) is 0 Å². The van der Waals surface area contributed by atoms with Gasteiger partial charge in [0.25, 0.3) is 5.69 Å². The Morgan fingerprint density at radius 2 is 2.04 bits per heavy atom. The summed E-state index contributed by atoms with van der Waals surface area (Å²) in [4.78, 5) is 19.1. The van der Waals surface area contributed by atoms with Gasteiger partial charge in [-0.1, -0.05) is 6.07 Å². The lowest BCUT2D eigenvalue weighted by molar-refractivity contribution is -0.384. The Labute approximate surface area is 139 Å². The fourth-order valence-corrected chi connectivity index (χ4v) is 2.64. The van der Waals surface area contributed by atoms with Gasteiger partial charge in [0.05, 0.1) is 22.5 Å². The summed E-state index contributed by atoms with van der Waals surface area (Å²) in [6.45, 7) is 3.93. The van der Waals surface area contributed by atoms with E-state index in [9.17, 15) is 10.1 Å². The SMILES string of the molecule is Cc1cc(C=Nc2cccnc2)c(C)n1-c1cccc([N+](=O)[O-])c1. The number of nitrogens with zero attached hydrogens (tertiary/aromatic N) is 4. The molecule has 0 fully saturated rings. The molecule has 0 radical (unpaired) electrons. The summed E-state index contributed by atoms with van der Waals surface area (Å²) in [6, 6.07) is 12.3. The van der Waals surface area contributed by atoms with Gasteiger partial charge in [-0.05, 0) is 38.1 Å². The molecule has 2 aromatic heterocycles. The highest BCUT2D eigenvalue weighted by atomic mass is 16.6. The second-order valence-corrected chi connectivity index (χ2v) is 5.41. The number of hydrogen-bond acceptors (Lipinski definition) is 4. The molecule has 0 N–H and O–H groups in total. The van der Waals surface area contributed by atoms with Crippen molar-refractivity contribution in [3.63, 3.8) is 0 Å². The summed E-state index contributed by atoms with van der Waals surface area (Å²) < 4.78 is 1.98. The Morgan fingerprint density at radius 3 is 2.75 bits per heavy atom. The number of benzene rings is 1. The van der Waals surface area contributed by atoms with Crippen molar-refractivity contribution >= 4 is 17.6 Å². The number of non-ortho nitro benzene ring substituents is 1. The number of pyridine rings is 1. The molecule has 6 heteroatoms. The standard InChI is InChI=1S/C18H16N4O2/c1-13-9-15(11-20-16-5-4-8-19-12-16)14(2)21(13)17-6-3-7-18(10-17)22(23)24/h3-12H,1-2H3. The lowest BCUT2D eigenvalue weighted by atomic mass is 10.2. The fraction of sp³-hybridized carbons (Fsp3) is 0.111. The zero-order chi connectivity index (χ0) is 17.1. The molecule has 0 aliphatic rings. The minimum Gasteiger partial charge on any atom is -0.318 e. The quantitative estimate of drug-likeness (QED) is 0.412. The lowest BCUT2D eigenvalue weighted by Crippen LogP contribution is -2.00. The molecule has 120 valence electrons. The van der Waals surface area contributed by atoms with Gasteiger partial charge in [0.15, 0.2) is 0 Å². The van der Waals surface area contributed by atoms with Crippen LogP contribution in [0.3, 0.4) is 0 Å². The summed E-state index contributed by atoms with van der Waals surface area (Å²) in [7, 11) is 0. The first-order valence-electron chi connectivity index (χ1n) is 7.44. The molecule has 6 nitrogen and oxygen atoms in total. The molecule has 0 saturated heterocycles. The van der Waals surface area contributed by atoms with E-state index in [1.54, 1.807) is 30.7 Å². The number of nitro benzene ring substituents is 1. The van der Waals surface area contributed by atoms with Gasteiger partial charge >= 0.3 is 0 Å². The molecule has 0 aliphatic carbocycles. The van der Waals surface area contributed by atoms with Crippen molar-refractivity contribution in [1.82, 2.24) is 9.55 Å². The number of nitro groups is 1. The minimum absolute atomic E-state index is 0.0746. The fourth-order valence-electron chi connectivity index (χ4n) is 2.64. The van der Waals surface area contributed by atoms with Crippen LogP contribution in [0.2, 0.25) is 0 Å². The van der Waals surface area contributed by atoms with Crippen molar-refractivity contribution in [2.24, 2.45) is 4.99 Å². The van der Waals surface area contributed by atoms with Gasteiger partial charge in [0.1, 0.15) is 0 Å². The highest BCUT2D eigenvalue weighted by molar-refractivity contribution is 5.84. The largest absolute Gasteiger partial charge is 0.318 e. The van der Waals surface area contributed by atoms with E-state index in [1.807, 2.05) is 42.7 Å². The summed E-state index contributed by atoms with van der Waals surface area (Å²) in [6.07, 6.45) is 5.18. The Hall–Kier alpha value is -3.28. The van der Waals surface area contributed by atoms with Crippen molar-refractivity contribution in [3.8, 4) is 5.69 Å². The van der Waals surface area contributed by atoms with E-state index in [4.69, 9.17) is 0 Å². The van der Waals surface area contributed by atoms with Crippen LogP contribution in [0, 0.1) is 24.0 Å². The number of rotatable bonds is 4. The van der Waals surface area contributed by atoms with Crippen molar-refractivity contribution in [1.29, 1.82) is 0 Å². The average Bonchev–Trinajstić information content (AvgIpc) is 2.88. The molecule has 0 saturated carbocycles. The first kappa shape index (κ1) is 15.6. The van der Waals surface area contributed by atoms with Crippen LogP contribution in [0.1, 0.15) is 17.0 Å². The van der Waals surface area contributed by atoms with Crippen LogP contribution in [0.25, 0.3) is 5.69 Å². The van der Waals surface area contributed by atoms with Crippen LogP contribution in [0.5, 0.6) is 0 Å². The second-order valence-electron chi connectivity index (χ2n) is 5.41.